The van der Waals surface area contributed by atoms with Crippen LogP contribution in [0.1, 0.15) is 25.5 Å². The van der Waals surface area contributed by atoms with Crippen LogP contribution in [0.25, 0.3) is 10.6 Å². The number of halogens is 1. The fraction of sp³-hybridized carbons (Fsp3) is 0.450. The first kappa shape index (κ1) is 22.6. The molecule has 0 aliphatic carbocycles. The lowest BCUT2D eigenvalue weighted by atomic mass is 10.2. The molecule has 1 fully saturated rings. The van der Waals surface area contributed by atoms with Gasteiger partial charge in [0, 0.05) is 56.5 Å². The van der Waals surface area contributed by atoms with Crippen LogP contribution >= 0.6 is 35.3 Å². The minimum Gasteiger partial charge on any atom is -0.356 e. The molecule has 2 N–H and O–H groups in total. The summed E-state index contributed by atoms with van der Waals surface area (Å²) in [6.45, 7) is 4.25. The Labute approximate surface area is 187 Å². The molecule has 1 amide bonds. The number of amides is 1. The van der Waals surface area contributed by atoms with E-state index in [1.54, 1.807) is 18.4 Å². The topological polar surface area (TPSA) is 69.6 Å². The van der Waals surface area contributed by atoms with Gasteiger partial charge in [-0.3, -0.25) is 9.79 Å². The van der Waals surface area contributed by atoms with Crippen LogP contribution in [0.4, 0.5) is 0 Å². The van der Waals surface area contributed by atoms with E-state index >= 15 is 0 Å². The number of thiazole rings is 1. The molecule has 2 aromatic rings. The number of likely N-dealkylation sites (tertiary alicyclic amines) is 1. The molecular formula is C20H28IN5OS. The zero-order valence-corrected chi connectivity index (χ0v) is 19.5. The fourth-order valence-corrected chi connectivity index (χ4v) is 4.02. The average molecular weight is 513 g/mol. The summed E-state index contributed by atoms with van der Waals surface area (Å²) in [4.78, 5) is 22.7. The van der Waals surface area contributed by atoms with Gasteiger partial charge in [-0.25, -0.2) is 4.98 Å². The van der Waals surface area contributed by atoms with Crippen molar-refractivity contribution in [2.75, 3.05) is 26.7 Å². The van der Waals surface area contributed by atoms with Gasteiger partial charge in [0.2, 0.25) is 5.91 Å². The van der Waals surface area contributed by atoms with Crippen molar-refractivity contribution in [3.63, 3.8) is 0 Å². The molecule has 8 heteroatoms. The third-order valence-electron chi connectivity index (χ3n) is 4.65. The minimum atomic E-state index is 0. The highest BCUT2D eigenvalue weighted by Crippen LogP contribution is 2.23. The number of nitrogens with zero attached hydrogens (tertiary/aromatic N) is 3. The van der Waals surface area contributed by atoms with Gasteiger partial charge in [0.25, 0.3) is 0 Å². The number of aliphatic imine (C=N–C) groups is 1. The van der Waals surface area contributed by atoms with E-state index in [4.69, 9.17) is 4.98 Å². The lowest BCUT2D eigenvalue weighted by molar-refractivity contribution is -0.129. The van der Waals surface area contributed by atoms with Crippen LogP contribution in [-0.2, 0) is 11.2 Å². The fourth-order valence-electron chi connectivity index (χ4n) is 3.16. The highest BCUT2D eigenvalue weighted by molar-refractivity contribution is 14.0. The largest absolute Gasteiger partial charge is 0.356 e. The van der Waals surface area contributed by atoms with Gasteiger partial charge in [0.15, 0.2) is 5.96 Å². The number of aromatic nitrogens is 1. The monoisotopic (exact) mass is 513 g/mol. The van der Waals surface area contributed by atoms with E-state index in [2.05, 4.69) is 33.1 Å². The van der Waals surface area contributed by atoms with Gasteiger partial charge >= 0.3 is 0 Å². The average Bonchev–Trinajstić information content (AvgIpc) is 3.37. The summed E-state index contributed by atoms with van der Waals surface area (Å²) in [5, 5.41) is 9.94. The Morgan fingerprint density at radius 2 is 2.14 bits per heavy atom. The first-order chi connectivity index (χ1) is 13.2. The summed E-state index contributed by atoms with van der Waals surface area (Å²) in [6, 6.07) is 10.5. The van der Waals surface area contributed by atoms with Crippen molar-refractivity contribution in [2.45, 2.75) is 32.2 Å². The van der Waals surface area contributed by atoms with E-state index in [0.29, 0.717) is 6.42 Å². The van der Waals surface area contributed by atoms with Crippen molar-refractivity contribution in [1.82, 2.24) is 20.5 Å². The van der Waals surface area contributed by atoms with Crippen molar-refractivity contribution in [3.05, 3.63) is 41.4 Å². The standard InChI is InChI=1S/C20H27N5OS.HI/c1-3-18(26)25-12-10-16(13-25)24-20(21-2)22-11-9-17-14-27-19(23-17)15-7-5-4-6-8-15;/h4-8,14,16H,3,9-13H2,1-2H3,(H2,21,22,24);1H. The van der Waals surface area contributed by atoms with E-state index < -0.39 is 0 Å². The second kappa shape index (κ2) is 11.4. The molecule has 0 saturated carbocycles. The van der Waals surface area contributed by atoms with Gasteiger partial charge in [0.1, 0.15) is 5.01 Å². The Kier molecular flexibility index (Phi) is 9.17. The van der Waals surface area contributed by atoms with Crippen LogP contribution in [-0.4, -0.2) is 54.5 Å². The Morgan fingerprint density at radius 1 is 1.36 bits per heavy atom. The molecule has 0 radical (unpaired) electrons. The molecule has 1 atom stereocenters. The predicted octanol–water partition coefficient (Wildman–Crippen LogP) is 3.15. The van der Waals surface area contributed by atoms with Gasteiger partial charge in [-0.05, 0) is 6.42 Å². The van der Waals surface area contributed by atoms with E-state index in [-0.39, 0.29) is 35.9 Å². The maximum Gasteiger partial charge on any atom is 0.222 e. The van der Waals surface area contributed by atoms with Gasteiger partial charge in [-0.2, -0.15) is 0 Å². The maximum absolute atomic E-state index is 11.8. The molecule has 6 nitrogen and oxygen atoms in total. The Hall–Kier alpha value is -1.68. The molecule has 1 aromatic heterocycles. The first-order valence-corrected chi connectivity index (χ1v) is 10.3. The molecule has 0 spiro atoms. The molecule has 28 heavy (non-hydrogen) atoms. The summed E-state index contributed by atoms with van der Waals surface area (Å²) in [5.41, 5.74) is 2.24. The van der Waals surface area contributed by atoms with Crippen LogP contribution < -0.4 is 10.6 Å². The predicted molar refractivity (Wildman–Crippen MR) is 126 cm³/mol. The summed E-state index contributed by atoms with van der Waals surface area (Å²) >= 11 is 1.68. The van der Waals surface area contributed by atoms with E-state index in [1.165, 1.54) is 0 Å². The number of carbonyl (C=O) groups excluding carboxylic acids is 1. The molecule has 1 unspecified atom stereocenters. The minimum absolute atomic E-state index is 0. The maximum atomic E-state index is 11.8. The summed E-state index contributed by atoms with van der Waals surface area (Å²) < 4.78 is 0. The van der Waals surface area contributed by atoms with Crippen LogP contribution in [0.3, 0.4) is 0 Å². The quantitative estimate of drug-likeness (QED) is 0.354. The summed E-state index contributed by atoms with van der Waals surface area (Å²) in [6.07, 6.45) is 2.37. The number of guanidine groups is 1. The number of benzene rings is 1. The zero-order chi connectivity index (χ0) is 19.1. The van der Waals surface area contributed by atoms with Crippen molar-refractivity contribution < 1.29 is 4.79 Å². The molecule has 1 aliphatic heterocycles. The van der Waals surface area contributed by atoms with Gasteiger partial charge in [-0.1, -0.05) is 37.3 Å². The summed E-state index contributed by atoms with van der Waals surface area (Å²) in [7, 11) is 1.77. The molecule has 152 valence electrons. The van der Waals surface area contributed by atoms with Crippen LogP contribution in [0, 0.1) is 0 Å². The number of hydrogen-bond acceptors (Lipinski definition) is 4. The van der Waals surface area contributed by atoms with Gasteiger partial charge < -0.3 is 15.5 Å². The van der Waals surface area contributed by atoms with Gasteiger partial charge in [0.05, 0.1) is 5.69 Å². The Bertz CT molecular complexity index is 780. The second-order valence-electron chi connectivity index (χ2n) is 6.58. The van der Waals surface area contributed by atoms with Crippen LogP contribution in [0.5, 0.6) is 0 Å². The Balaban J connectivity index is 0.00000280. The van der Waals surface area contributed by atoms with Crippen LogP contribution in [0.2, 0.25) is 0 Å². The van der Waals surface area contributed by atoms with E-state index in [0.717, 1.165) is 54.7 Å². The highest BCUT2D eigenvalue weighted by atomic mass is 127. The first-order valence-electron chi connectivity index (χ1n) is 9.44. The van der Waals surface area contributed by atoms with Crippen molar-refractivity contribution in [3.8, 4) is 10.6 Å². The number of nitrogens with one attached hydrogen (secondary N) is 2. The SMILES string of the molecule is CCC(=O)N1CCC(NC(=NC)NCCc2csc(-c3ccccc3)n2)C1.I. The molecule has 1 saturated heterocycles. The van der Waals surface area contributed by atoms with Crippen molar-refractivity contribution in [1.29, 1.82) is 0 Å². The molecule has 1 aliphatic rings. The molecular weight excluding hydrogens is 485 g/mol. The molecule has 3 rings (SSSR count). The lowest BCUT2D eigenvalue weighted by Gasteiger charge is -2.18. The lowest BCUT2D eigenvalue weighted by Crippen LogP contribution is -2.45. The Morgan fingerprint density at radius 3 is 2.86 bits per heavy atom. The third-order valence-corrected chi connectivity index (χ3v) is 5.59. The van der Waals surface area contributed by atoms with E-state index in [9.17, 15) is 4.79 Å². The third kappa shape index (κ3) is 6.16. The van der Waals surface area contributed by atoms with Gasteiger partial charge in [-0.15, -0.1) is 35.3 Å². The number of rotatable bonds is 6. The van der Waals surface area contributed by atoms with Crippen LogP contribution in [0.15, 0.2) is 40.7 Å². The van der Waals surface area contributed by atoms with Crippen molar-refractivity contribution in [2.24, 2.45) is 4.99 Å². The highest BCUT2D eigenvalue weighted by Gasteiger charge is 2.25. The molecule has 2 heterocycles. The second-order valence-corrected chi connectivity index (χ2v) is 7.44. The molecule has 1 aromatic carbocycles. The number of carbonyl (C=O) groups is 1. The normalized spacial score (nSPS) is 16.6. The number of hydrogen-bond donors (Lipinski definition) is 2. The van der Waals surface area contributed by atoms with E-state index in [1.807, 2.05) is 30.0 Å². The zero-order valence-electron chi connectivity index (χ0n) is 16.4. The smallest absolute Gasteiger partial charge is 0.222 e. The molecule has 0 bridgehead atoms. The van der Waals surface area contributed by atoms with Crippen molar-refractivity contribution >= 4 is 47.2 Å². The summed E-state index contributed by atoms with van der Waals surface area (Å²) in [5.74, 6) is 1.00.